The van der Waals surface area contributed by atoms with E-state index in [4.69, 9.17) is 5.73 Å². The van der Waals surface area contributed by atoms with Crippen molar-refractivity contribution in [2.24, 2.45) is 5.73 Å². The molecule has 0 bridgehead atoms. The molecule has 1 fully saturated rings. The van der Waals surface area contributed by atoms with Gasteiger partial charge in [-0.15, -0.1) is 0 Å². The average molecular weight is 306 g/mol. The Morgan fingerprint density at radius 2 is 1.91 bits per heavy atom. The summed E-state index contributed by atoms with van der Waals surface area (Å²) in [7, 11) is 0. The Balaban J connectivity index is 1.62. The molecule has 2 heteroatoms. The molecular formula is C21H26N2. The summed E-state index contributed by atoms with van der Waals surface area (Å²) >= 11 is 0. The molecule has 0 aromatic heterocycles. The molecule has 1 heterocycles. The number of rotatable bonds is 4. The van der Waals surface area contributed by atoms with Crippen molar-refractivity contribution < 1.29 is 0 Å². The Hall–Kier alpha value is -1.64. The van der Waals surface area contributed by atoms with Crippen molar-refractivity contribution in [2.75, 3.05) is 13.1 Å². The quantitative estimate of drug-likeness (QED) is 0.927. The van der Waals surface area contributed by atoms with Crippen LogP contribution in [0.3, 0.4) is 0 Å². The lowest BCUT2D eigenvalue weighted by molar-refractivity contribution is 0.113. The maximum atomic E-state index is 6.16. The highest BCUT2D eigenvalue weighted by Gasteiger charge is 2.42. The zero-order chi connectivity index (χ0) is 15.9. The standard InChI is InChI=1S/C21H26N2/c1-16-8-9-17-14-23(20(13-22)19(17)12-16)15-21(10-5-11-21)18-6-3-2-4-7-18/h2-4,6-9,12,20H,5,10-11,13-15,22H2,1H3. The lowest BCUT2D eigenvalue weighted by atomic mass is 9.64. The Bertz CT molecular complexity index is 688. The summed E-state index contributed by atoms with van der Waals surface area (Å²) < 4.78 is 0. The molecule has 23 heavy (non-hydrogen) atoms. The third-order valence-electron chi connectivity index (χ3n) is 5.90. The maximum absolute atomic E-state index is 6.16. The smallest absolute Gasteiger partial charge is 0.0477 e. The van der Waals surface area contributed by atoms with E-state index in [1.807, 2.05) is 0 Å². The van der Waals surface area contributed by atoms with Crippen LogP contribution in [0.15, 0.2) is 48.5 Å². The lowest BCUT2D eigenvalue weighted by Gasteiger charge is -2.46. The van der Waals surface area contributed by atoms with Crippen LogP contribution in [0.1, 0.15) is 47.6 Å². The van der Waals surface area contributed by atoms with Crippen LogP contribution in [0.4, 0.5) is 0 Å². The van der Waals surface area contributed by atoms with Gasteiger partial charge in [0, 0.05) is 31.1 Å². The summed E-state index contributed by atoms with van der Waals surface area (Å²) in [5.41, 5.74) is 12.3. The molecule has 120 valence electrons. The number of fused-ring (bicyclic) bond motifs is 1. The lowest BCUT2D eigenvalue weighted by Crippen LogP contribution is -2.46. The van der Waals surface area contributed by atoms with Gasteiger partial charge in [0.2, 0.25) is 0 Å². The van der Waals surface area contributed by atoms with Crippen molar-refractivity contribution in [3.8, 4) is 0 Å². The molecule has 0 amide bonds. The fourth-order valence-corrected chi connectivity index (χ4v) is 4.46. The number of hydrogen-bond donors (Lipinski definition) is 1. The summed E-state index contributed by atoms with van der Waals surface area (Å²) in [6, 6.07) is 18.3. The molecule has 1 saturated carbocycles. The van der Waals surface area contributed by atoms with Crippen molar-refractivity contribution in [1.29, 1.82) is 0 Å². The molecule has 0 saturated heterocycles. The van der Waals surface area contributed by atoms with Crippen LogP contribution < -0.4 is 5.73 Å². The molecule has 1 aliphatic carbocycles. The molecule has 2 N–H and O–H groups in total. The van der Waals surface area contributed by atoms with Gasteiger partial charge in [0.1, 0.15) is 0 Å². The van der Waals surface area contributed by atoms with E-state index in [1.54, 1.807) is 0 Å². The molecule has 2 aromatic carbocycles. The van der Waals surface area contributed by atoms with Crippen molar-refractivity contribution in [1.82, 2.24) is 4.90 Å². The van der Waals surface area contributed by atoms with E-state index >= 15 is 0 Å². The summed E-state index contributed by atoms with van der Waals surface area (Å²) in [6.45, 7) is 5.06. The molecule has 2 aliphatic rings. The predicted octanol–water partition coefficient (Wildman–Crippen LogP) is 3.93. The molecule has 1 atom stereocenters. The maximum Gasteiger partial charge on any atom is 0.0477 e. The van der Waals surface area contributed by atoms with Crippen LogP contribution in [0.5, 0.6) is 0 Å². The Kier molecular flexibility index (Phi) is 3.74. The number of aryl methyl sites for hydroxylation is 1. The van der Waals surface area contributed by atoms with E-state index in [0.29, 0.717) is 18.0 Å². The van der Waals surface area contributed by atoms with E-state index < -0.39 is 0 Å². The highest BCUT2D eigenvalue weighted by atomic mass is 15.2. The molecule has 2 aromatic rings. The number of nitrogens with two attached hydrogens (primary N) is 1. The average Bonchev–Trinajstić information content (AvgIpc) is 2.88. The van der Waals surface area contributed by atoms with Gasteiger partial charge in [0.05, 0.1) is 0 Å². The zero-order valence-electron chi connectivity index (χ0n) is 14.0. The van der Waals surface area contributed by atoms with E-state index in [2.05, 4.69) is 60.4 Å². The first kappa shape index (κ1) is 14.9. The first-order valence-corrected chi connectivity index (χ1v) is 8.81. The van der Waals surface area contributed by atoms with Crippen molar-refractivity contribution >= 4 is 0 Å². The van der Waals surface area contributed by atoms with Gasteiger partial charge in [-0.25, -0.2) is 0 Å². The van der Waals surface area contributed by atoms with Crippen LogP contribution in [0.25, 0.3) is 0 Å². The minimum absolute atomic E-state index is 0.339. The predicted molar refractivity (Wildman–Crippen MR) is 95.4 cm³/mol. The highest BCUT2D eigenvalue weighted by Crippen LogP contribution is 2.47. The number of nitrogens with zero attached hydrogens (tertiary/aromatic N) is 1. The van der Waals surface area contributed by atoms with Gasteiger partial charge in [0.25, 0.3) is 0 Å². The molecule has 1 aliphatic heterocycles. The fraction of sp³-hybridized carbons (Fsp3) is 0.429. The van der Waals surface area contributed by atoms with Crippen molar-refractivity contribution in [2.45, 2.75) is 44.2 Å². The van der Waals surface area contributed by atoms with Gasteiger partial charge in [-0.1, -0.05) is 60.5 Å². The second-order valence-electron chi connectivity index (χ2n) is 7.36. The molecule has 0 spiro atoms. The van der Waals surface area contributed by atoms with Gasteiger partial charge >= 0.3 is 0 Å². The minimum Gasteiger partial charge on any atom is -0.329 e. The highest BCUT2D eigenvalue weighted by molar-refractivity contribution is 5.38. The molecule has 1 unspecified atom stereocenters. The van der Waals surface area contributed by atoms with Crippen LogP contribution in [-0.2, 0) is 12.0 Å². The minimum atomic E-state index is 0.339. The number of benzene rings is 2. The normalized spacial score (nSPS) is 22.6. The number of hydrogen-bond acceptors (Lipinski definition) is 2. The van der Waals surface area contributed by atoms with Gasteiger partial charge in [0.15, 0.2) is 0 Å². The topological polar surface area (TPSA) is 29.3 Å². The van der Waals surface area contributed by atoms with Crippen LogP contribution in [-0.4, -0.2) is 18.0 Å². The van der Waals surface area contributed by atoms with Crippen molar-refractivity contribution in [3.63, 3.8) is 0 Å². The first-order chi connectivity index (χ1) is 11.2. The second kappa shape index (κ2) is 5.77. The Morgan fingerprint density at radius 1 is 1.13 bits per heavy atom. The third kappa shape index (κ3) is 2.50. The van der Waals surface area contributed by atoms with E-state index in [0.717, 1.165) is 13.1 Å². The van der Waals surface area contributed by atoms with E-state index in [-0.39, 0.29) is 0 Å². The van der Waals surface area contributed by atoms with Gasteiger partial charge < -0.3 is 5.73 Å². The van der Waals surface area contributed by atoms with Crippen LogP contribution in [0.2, 0.25) is 0 Å². The van der Waals surface area contributed by atoms with Gasteiger partial charge in [-0.3, -0.25) is 4.90 Å². The molecular weight excluding hydrogens is 280 g/mol. The van der Waals surface area contributed by atoms with Crippen molar-refractivity contribution in [3.05, 3.63) is 70.8 Å². The zero-order valence-corrected chi connectivity index (χ0v) is 14.0. The monoisotopic (exact) mass is 306 g/mol. The summed E-state index contributed by atoms with van der Waals surface area (Å²) in [4.78, 5) is 2.62. The molecule has 4 rings (SSSR count). The molecule has 0 radical (unpaired) electrons. The van der Waals surface area contributed by atoms with Gasteiger partial charge in [-0.2, -0.15) is 0 Å². The van der Waals surface area contributed by atoms with Crippen LogP contribution in [0, 0.1) is 6.92 Å². The van der Waals surface area contributed by atoms with Gasteiger partial charge in [-0.05, 0) is 36.5 Å². The third-order valence-corrected chi connectivity index (χ3v) is 5.90. The van der Waals surface area contributed by atoms with E-state index in [9.17, 15) is 0 Å². The SMILES string of the molecule is Cc1ccc2c(c1)C(CN)N(CC1(c3ccccc3)CCC1)C2. The summed E-state index contributed by atoms with van der Waals surface area (Å²) in [5.74, 6) is 0. The first-order valence-electron chi connectivity index (χ1n) is 8.81. The molecule has 2 nitrogen and oxygen atoms in total. The Morgan fingerprint density at radius 3 is 2.57 bits per heavy atom. The summed E-state index contributed by atoms with van der Waals surface area (Å²) in [6.07, 6.45) is 3.96. The largest absolute Gasteiger partial charge is 0.329 e. The summed E-state index contributed by atoms with van der Waals surface area (Å²) in [5, 5.41) is 0. The van der Waals surface area contributed by atoms with Crippen LogP contribution >= 0.6 is 0 Å². The van der Waals surface area contributed by atoms with E-state index in [1.165, 1.54) is 41.5 Å². The Labute approximate surface area is 139 Å². The fourth-order valence-electron chi connectivity index (χ4n) is 4.46. The second-order valence-corrected chi connectivity index (χ2v) is 7.36.